The molecule has 0 heterocycles. The lowest BCUT2D eigenvalue weighted by Crippen LogP contribution is -2.56. The molecule has 0 saturated heterocycles. The molecule has 0 amide bonds. The lowest BCUT2D eigenvalue weighted by atomic mass is 10.4. The molecule has 0 rings (SSSR count). The van der Waals surface area contributed by atoms with Gasteiger partial charge in [0.25, 0.3) is 0 Å². The van der Waals surface area contributed by atoms with Gasteiger partial charge in [0, 0.05) is 18.3 Å². The standard InChI is InChI=1S/C12H29NO3Si/c1-8-9-17(14-10(2)3,15-11(4)5)16-12(6,7)13/h10-11H,8-9,13H2,1-7H3. The molecule has 104 valence electrons. The maximum atomic E-state index is 5.98. The SMILES string of the molecule is CCC[Si](OC(C)C)(OC(C)C)OC(C)(C)N. The third kappa shape index (κ3) is 7.89. The first-order chi connectivity index (χ1) is 7.60. The van der Waals surface area contributed by atoms with Crippen LogP contribution in [0.2, 0.25) is 6.04 Å². The first kappa shape index (κ1) is 17.1. The number of hydrogen-bond acceptors (Lipinski definition) is 4. The molecular weight excluding hydrogens is 234 g/mol. The van der Waals surface area contributed by atoms with E-state index in [1.54, 1.807) is 0 Å². The van der Waals surface area contributed by atoms with Crippen molar-refractivity contribution in [2.45, 2.75) is 78.9 Å². The van der Waals surface area contributed by atoms with E-state index in [9.17, 15) is 0 Å². The lowest BCUT2D eigenvalue weighted by Gasteiger charge is -2.37. The van der Waals surface area contributed by atoms with Crippen molar-refractivity contribution in [3.05, 3.63) is 0 Å². The largest absolute Gasteiger partial charge is 0.502 e. The third-order valence-electron chi connectivity index (χ3n) is 1.81. The maximum Gasteiger partial charge on any atom is 0.502 e. The van der Waals surface area contributed by atoms with E-state index < -0.39 is 14.5 Å². The summed E-state index contributed by atoms with van der Waals surface area (Å²) in [5, 5.41) is 0. The molecule has 0 fully saturated rings. The molecule has 0 bridgehead atoms. The molecule has 2 N–H and O–H groups in total. The fourth-order valence-corrected chi connectivity index (χ4v) is 5.01. The Labute approximate surface area is 107 Å². The minimum atomic E-state index is -2.68. The zero-order valence-corrected chi connectivity index (χ0v) is 13.4. The van der Waals surface area contributed by atoms with Gasteiger partial charge in [0.15, 0.2) is 0 Å². The highest BCUT2D eigenvalue weighted by atomic mass is 28.4. The lowest BCUT2D eigenvalue weighted by molar-refractivity contribution is -0.0345. The van der Waals surface area contributed by atoms with Crippen LogP contribution < -0.4 is 5.73 Å². The summed E-state index contributed by atoms with van der Waals surface area (Å²) in [6.45, 7) is 13.7. The Kier molecular flexibility index (Phi) is 6.87. The second kappa shape index (κ2) is 6.85. The Bertz CT molecular complexity index is 204. The Morgan fingerprint density at radius 3 is 1.71 bits per heavy atom. The average Bonchev–Trinajstić information content (AvgIpc) is 1.95. The molecule has 4 nitrogen and oxygen atoms in total. The highest BCUT2D eigenvalue weighted by Crippen LogP contribution is 2.25. The molecule has 0 spiro atoms. The van der Waals surface area contributed by atoms with Crippen molar-refractivity contribution < 1.29 is 13.3 Å². The third-order valence-corrected chi connectivity index (χ3v) is 5.42. The van der Waals surface area contributed by atoms with Gasteiger partial charge < -0.3 is 19.0 Å². The molecule has 0 aliphatic rings. The van der Waals surface area contributed by atoms with Gasteiger partial charge in [-0.2, -0.15) is 0 Å². The summed E-state index contributed by atoms with van der Waals surface area (Å²) >= 11 is 0. The predicted molar refractivity (Wildman–Crippen MR) is 72.6 cm³/mol. The van der Waals surface area contributed by atoms with Crippen LogP contribution in [-0.2, 0) is 13.3 Å². The van der Waals surface area contributed by atoms with Crippen molar-refractivity contribution in [3.63, 3.8) is 0 Å². The number of hydrogen-bond donors (Lipinski definition) is 1. The number of rotatable bonds is 8. The fourth-order valence-electron chi connectivity index (χ4n) is 1.67. The van der Waals surface area contributed by atoms with E-state index in [0.29, 0.717) is 0 Å². The molecule has 5 heteroatoms. The van der Waals surface area contributed by atoms with E-state index in [1.165, 1.54) is 0 Å². The van der Waals surface area contributed by atoms with Gasteiger partial charge in [0.05, 0.1) is 0 Å². The van der Waals surface area contributed by atoms with Crippen LogP contribution in [0.3, 0.4) is 0 Å². The van der Waals surface area contributed by atoms with Crippen LogP contribution in [-0.4, -0.2) is 26.7 Å². The van der Waals surface area contributed by atoms with Crippen LogP contribution in [0, 0.1) is 0 Å². The smallest absolute Gasteiger partial charge is 0.371 e. The molecular formula is C12H29NO3Si. The van der Waals surface area contributed by atoms with Crippen LogP contribution in [0.15, 0.2) is 0 Å². The first-order valence-electron chi connectivity index (χ1n) is 6.45. The quantitative estimate of drug-likeness (QED) is 0.540. The molecule has 0 aromatic heterocycles. The summed E-state index contributed by atoms with van der Waals surface area (Å²) in [5.41, 5.74) is 5.22. The van der Waals surface area contributed by atoms with E-state index in [4.69, 9.17) is 19.0 Å². The molecule has 0 unspecified atom stereocenters. The van der Waals surface area contributed by atoms with Crippen LogP contribution in [0.25, 0.3) is 0 Å². The molecule has 0 aliphatic carbocycles. The minimum Gasteiger partial charge on any atom is -0.371 e. The van der Waals surface area contributed by atoms with E-state index >= 15 is 0 Å². The molecule has 0 atom stereocenters. The minimum absolute atomic E-state index is 0.0781. The summed E-state index contributed by atoms with van der Waals surface area (Å²) in [6, 6.07) is 0.796. The van der Waals surface area contributed by atoms with E-state index in [2.05, 4.69) is 6.92 Å². The van der Waals surface area contributed by atoms with Crippen molar-refractivity contribution in [1.82, 2.24) is 0 Å². The summed E-state index contributed by atoms with van der Waals surface area (Å²) < 4.78 is 17.9. The van der Waals surface area contributed by atoms with Gasteiger partial charge in [-0.1, -0.05) is 13.3 Å². The van der Waals surface area contributed by atoms with Crippen LogP contribution in [0.5, 0.6) is 0 Å². The van der Waals surface area contributed by atoms with Crippen molar-refractivity contribution in [3.8, 4) is 0 Å². The van der Waals surface area contributed by atoms with Crippen LogP contribution in [0.1, 0.15) is 54.9 Å². The van der Waals surface area contributed by atoms with Gasteiger partial charge >= 0.3 is 8.80 Å². The molecule has 0 aliphatic heterocycles. The van der Waals surface area contributed by atoms with Crippen molar-refractivity contribution in [2.75, 3.05) is 0 Å². The topological polar surface area (TPSA) is 53.7 Å². The van der Waals surface area contributed by atoms with Crippen molar-refractivity contribution in [1.29, 1.82) is 0 Å². The molecule has 0 aromatic carbocycles. The Hall–Kier alpha value is 0.0569. The van der Waals surface area contributed by atoms with Gasteiger partial charge in [0.1, 0.15) is 5.72 Å². The second-order valence-electron chi connectivity index (χ2n) is 5.47. The Morgan fingerprint density at radius 2 is 1.47 bits per heavy atom. The molecule has 17 heavy (non-hydrogen) atoms. The Morgan fingerprint density at radius 1 is 1.06 bits per heavy atom. The average molecular weight is 263 g/mol. The molecule has 0 radical (unpaired) electrons. The Balaban J connectivity index is 4.93. The maximum absolute atomic E-state index is 5.98. The van der Waals surface area contributed by atoms with E-state index in [-0.39, 0.29) is 12.2 Å². The van der Waals surface area contributed by atoms with Crippen molar-refractivity contribution >= 4 is 8.80 Å². The van der Waals surface area contributed by atoms with E-state index in [1.807, 2.05) is 41.5 Å². The summed E-state index contributed by atoms with van der Waals surface area (Å²) in [5.74, 6) is 0. The summed E-state index contributed by atoms with van der Waals surface area (Å²) in [6.07, 6.45) is 1.12. The fraction of sp³-hybridized carbons (Fsp3) is 1.00. The monoisotopic (exact) mass is 263 g/mol. The van der Waals surface area contributed by atoms with Crippen LogP contribution in [0.4, 0.5) is 0 Å². The summed E-state index contributed by atoms with van der Waals surface area (Å²) in [7, 11) is -2.68. The predicted octanol–water partition coefficient (Wildman–Crippen LogP) is 2.90. The highest BCUT2D eigenvalue weighted by Gasteiger charge is 2.45. The second-order valence-corrected chi connectivity index (χ2v) is 8.01. The molecule has 0 aromatic rings. The van der Waals surface area contributed by atoms with Gasteiger partial charge in [-0.3, -0.25) is 0 Å². The van der Waals surface area contributed by atoms with Crippen molar-refractivity contribution in [2.24, 2.45) is 5.73 Å². The highest BCUT2D eigenvalue weighted by molar-refractivity contribution is 6.60. The normalized spacial score (nSPS) is 13.8. The molecule has 0 saturated carbocycles. The zero-order valence-electron chi connectivity index (χ0n) is 12.4. The van der Waals surface area contributed by atoms with Crippen LogP contribution >= 0.6 is 0 Å². The summed E-state index contributed by atoms with van der Waals surface area (Å²) in [4.78, 5) is 0. The van der Waals surface area contributed by atoms with E-state index in [0.717, 1.165) is 12.5 Å². The van der Waals surface area contributed by atoms with Gasteiger partial charge in [0.2, 0.25) is 0 Å². The van der Waals surface area contributed by atoms with Gasteiger partial charge in [-0.25, -0.2) is 0 Å². The first-order valence-corrected chi connectivity index (χ1v) is 8.38. The number of nitrogens with two attached hydrogens (primary N) is 1. The van der Waals surface area contributed by atoms with Gasteiger partial charge in [-0.15, -0.1) is 0 Å². The van der Waals surface area contributed by atoms with Gasteiger partial charge in [-0.05, 0) is 41.5 Å². The zero-order chi connectivity index (χ0) is 13.7.